The van der Waals surface area contributed by atoms with Gasteiger partial charge in [0.25, 0.3) is 0 Å². The zero-order chi connectivity index (χ0) is 15.6. The second kappa shape index (κ2) is 5.69. The van der Waals surface area contributed by atoms with Crippen molar-refractivity contribution in [2.75, 3.05) is 5.73 Å². The summed E-state index contributed by atoms with van der Waals surface area (Å²) in [7, 11) is 0. The Bertz CT molecular complexity index is 640. The van der Waals surface area contributed by atoms with Gasteiger partial charge in [-0.25, -0.2) is 9.37 Å². The molecule has 1 aromatic heterocycles. The highest BCUT2D eigenvalue weighted by molar-refractivity contribution is 5.34. The molecule has 0 saturated carbocycles. The van der Waals surface area contributed by atoms with Gasteiger partial charge in [-0.1, -0.05) is 0 Å². The Hall–Kier alpha value is -2.15. The van der Waals surface area contributed by atoms with E-state index in [-0.39, 0.29) is 17.8 Å². The van der Waals surface area contributed by atoms with Crippen LogP contribution in [-0.4, -0.2) is 4.98 Å². The van der Waals surface area contributed by atoms with Gasteiger partial charge in [-0.2, -0.15) is 13.2 Å². The average Bonchev–Trinajstić information content (AvgIpc) is 2.37. The summed E-state index contributed by atoms with van der Waals surface area (Å²) < 4.78 is 51.7. The van der Waals surface area contributed by atoms with E-state index in [1.165, 1.54) is 6.20 Å². The van der Waals surface area contributed by atoms with Crippen molar-refractivity contribution in [1.29, 1.82) is 0 Å². The maximum absolute atomic E-state index is 13.7. The highest BCUT2D eigenvalue weighted by Gasteiger charge is 2.31. The number of anilines is 1. The van der Waals surface area contributed by atoms with Crippen molar-refractivity contribution in [2.45, 2.75) is 18.6 Å². The molecule has 0 aliphatic heterocycles. The molecule has 0 bridgehead atoms. The lowest BCUT2D eigenvalue weighted by molar-refractivity contribution is -0.137. The number of alkyl halides is 3. The Balaban J connectivity index is 2.28. The Labute approximate surface area is 118 Å². The molecule has 0 aliphatic carbocycles. The largest absolute Gasteiger partial charge is 0.416 e. The number of rotatable bonds is 3. The van der Waals surface area contributed by atoms with E-state index >= 15 is 0 Å². The number of hydrogen-bond acceptors (Lipinski definition) is 3. The maximum atomic E-state index is 13.7. The Morgan fingerprint density at radius 1 is 1.14 bits per heavy atom. The molecule has 0 saturated heterocycles. The van der Waals surface area contributed by atoms with Crippen LogP contribution in [0.25, 0.3) is 0 Å². The van der Waals surface area contributed by atoms with E-state index in [0.717, 1.165) is 12.1 Å². The molecule has 1 aromatic carbocycles. The zero-order valence-electron chi connectivity index (χ0n) is 10.9. The van der Waals surface area contributed by atoms with Gasteiger partial charge in [-0.15, -0.1) is 0 Å². The summed E-state index contributed by atoms with van der Waals surface area (Å²) in [5.74, 6) is -0.498. The molecule has 2 rings (SSSR count). The summed E-state index contributed by atoms with van der Waals surface area (Å²) in [5, 5.41) is 0. The van der Waals surface area contributed by atoms with Crippen LogP contribution >= 0.6 is 0 Å². The van der Waals surface area contributed by atoms with Crippen molar-refractivity contribution in [3.05, 3.63) is 59.0 Å². The standard InChI is InChI=1S/C14H13F4N3/c15-11-2-1-9(14(16,17)18)7-10(11)12(19)5-8-3-4-21-13(20)6-8/h1-4,6-7,12H,5,19H2,(H2,20,21). The first-order valence-electron chi connectivity index (χ1n) is 6.10. The van der Waals surface area contributed by atoms with Gasteiger partial charge in [0.05, 0.1) is 5.56 Å². The number of nitrogen functional groups attached to an aromatic ring is 1. The van der Waals surface area contributed by atoms with E-state index in [1.54, 1.807) is 12.1 Å². The first-order valence-corrected chi connectivity index (χ1v) is 6.10. The molecule has 1 heterocycles. The monoisotopic (exact) mass is 299 g/mol. The summed E-state index contributed by atoms with van der Waals surface area (Å²) in [6.45, 7) is 0. The van der Waals surface area contributed by atoms with Gasteiger partial charge < -0.3 is 11.5 Å². The van der Waals surface area contributed by atoms with Crippen LogP contribution in [0.3, 0.4) is 0 Å². The summed E-state index contributed by atoms with van der Waals surface area (Å²) >= 11 is 0. The molecular formula is C14H13F4N3. The molecule has 0 radical (unpaired) electrons. The third-order valence-electron chi connectivity index (χ3n) is 3.02. The molecule has 3 nitrogen and oxygen atoms in total. The van der Waals surface area contributed by atoms with E-state index in [1.807, 2.05) is 0 Å². The van der Waals surface area contributed by atoms with Crippen LogP contribution in [0.5, 0.6) is 0 Å². The molecule has 1 atom stereocenters. The number of nitrogens with zero attached hydrogens (tertiary/aromatic N) is 1. The van der Waals surface area contributed by atoms with E-state index in [0.29, 0.717) is 11.6 Å². The van der Waals surface area contributed by atoms with E-state index in [2.05, 4.69) is 4.98 Å². The zero-order valence-corrected chi connectivity index (χ0v) is 10.9. The fourth-order valence-corrected chi connectivity index (χ4v) is 1.99. The van der Waals surface area contributed by atoms with Crippen molar-refractivity contribution < 1.29 is 17.6 Å². The lowest BCUT2D eigenvalue weighted by atomic mass is 9.98. The van der Waals surface area contributed by atoms with E-state index < -0.39 is 23.6 Å². The molecule has 7 heteroatoms. The van der Waals surface area contributed by atoms with Gasteiger partial charge in [-0.3, -0.25) is 0 Å². The fourth-order valence-electron chi connectivity index (χ4n) is 1.99. The lowest BCUT2D eigenvalue weighted by Crippen LogP contribution is -2.17. The number of pyridine rings is 1. The second-order valence-electron chi connectivity index (χ2n) is 4.63. The topological polar surface area (TPSA) is 64.9 Å². The first-order chi connectivity index (χ1) is 9.77. The van der Waals surface area contributed by atoms with Gasteiger partial charge in [0.1, 0.15) is 11.6 Å². The number of benzene rings is 1. The Morgan fingerprint density at radius 2 is 1.86 bits per heavy atom. The Kier molecular flexibility index (Phi) is 4.13. The second-order valence-corrected chi connectivity index (χ2v) is 4.63. The van der Waals surface area contributed by atoms with Gasteiger partial charge in [0, 0.05) is 17.8 Å². The van der Waals surface area contributed by atoms with Crippen LogP contribution < -0.4 is 11.5 Å². The van der Waals surface area contributed by atoms with Crippen molar-refractivity contribution >= 4 is 5.82 Å². The summed E-state index contributed by atoms with van der Waals surface area (Å²) in [4.78, 5) is 3.80. The highest BCUT2D eigenvalue weighted by atomic mass is 19.4. The molecule has 0 spiro atoms. The van der Waals surface area contributed by atoms with E-state index in [9.17, 15) is 17.6 Å². The molecule has 112 valence electrons. The van der Waals surface area contributed by atoms with Crippen LogP contribution in [-0.2, 0) is 12.6 Å². The predicted octanol–water partition coefficient (Wildman–Crippen LogP) is 3.06. The SMILES string of the molecule is Nc1cc(CC(N)c2cc(C(F)(F)F)ccc2F)ccn1. The normalized spacial score (nSPS) is 13.2. The number of aromatic nitrogens is 1. The summed E-state index contributed by atoms with van der Waals surface area (Å²) in [6.07, 6.45) is -2.92. The van der Waals surface area contributed by atoms with Gasteiger partial charge in [0.15, 0.2) is 0 Å². The smallest absolute Gasteiger partial charge is 0.384 e. The minimum Gasteiger partial charge on any atom is -0.384 e. The van der Waals surface area contributed by atoms with E-state index in [4.69, 9.17) is 11.5 Å². The summed E-state index contributed by atoms with van der Waals surface area (Å²) in [6, 6.07) is 4.47. The third-order valence-corrected chi connectivity index (χ3v) is 3.02. The van der Waals surface area contributed by atoms with Gasteiger partial charge in [-0.05, 0) is 42.3 Å². The molecule has 0 aliphatic rings. The average molecular weight is 299 g/mol. The van der Waals surface area contributed by atoms with Crippen molar-refractivity contribution in [1.82, 2.24) is 4.98 Å². The van der Waals surface area contributed by atoms with Gasteiger partial charge >= 0.3 is 6.18 Å². The molecular weight excluding hydrogens is 286 g/mol. The van der Waals surface area contributed by atoms with Crippen LogP contribution in [0.2, 0.25) is 0 Å². The summed E-state index contributed by atoms with van der Waals surface area (Å²) in [5.41, 5.74) is 10.9. The molecule has 4 N–H and O–H groups in total. The minimum absolute atomic E-state index is 0.158. The number of nitrogens with two attached hydrogens (primary N) is 2. The quantitative estimate of drug-likeness (QED) is 0.856. The third kappa shape index (κ3) is 3.69. The van der Waals surface area contributed by atoms with Crippen LogP contribution in [0.15, 0.2) is 36.5 Å². The van der Waals surface area contributed by atoms with Crippen molar-refractivity contribution in [2.24, 2.45) is 5.73 Å². The first kappa shape index (κ1) is 15.2. The predicted molar refractivity (Wildman–Crippen MR) is 70.7 cm³/mol. The lowest BCUT2D eigenvalue weighted by Gasteiger charge is -2.15. The Morgan fingerprint density at radius 3 is 2.48 bits per heavy atom. The molecule has 0 fully saturated rings. The van der Waals surface area contributed by atoms with Crippen LogP contribution in [0.4, 0.5) is 23.4 Å². The molecule has 0 amide bonds. The van der Waals surface area contributed by atoms with Crippen molar-refractivity contribution in [3.8, 4) is 0 Å². The van der Waals surface area contributed by atoms with Crippen LogP contribution in [0, 0.1) is 5.82 Å². The van der Waals surface area contributed by atoms with Gasteiger partial charge in [0.2, 0.25) is 0 Å². The molecule has 1 unspecified atom stereocenters. The molecule has 2 aromatic rings. The van der Waals surface area contributed by atoms with Crippen LogP contribution in [0.1, 0.15) is 22.7 Å². The highest BCUT2D eigenvalue weighted by Crippen LogP contribution is 2.32. The fraction of sp³-hybridized carbons (Fsp3) is 0.214. The maximum Gasteiger partial charge on any atom is 0.416 e. The van der Waals surface area contributed by atoms with Crippen molar-refractivity contribution in [3.63, 3.8) is 0 Å². The number of hydrogen-bond donors (Lipinski definition) is 2. The molecule has 21 heavy (non-hydrogen) atoms. The minimum atomic E-state index is -4.54. The number of halogens is 4.